The molecule has 0 bridgehead atoms. The molecule has 7 nitrogen and oxygen atoms in total. The zero-order valence-electron chi connectivity index (χ0n) is 27.0. The molecule has 2 fully saturated rings. The SMILES string of the molecule is CCCCCCCCCCCCCCCCN[C@H](CC(=O)OCC)[C@H]1O[C@@H]2OC(C)(C)O[C@@H]2[C@H]1OCc1ccccc1. The molecule has 0 unspecified atom stereocenters. The maximum absolute atomic E-state index is 12.6. The first-order chi connectivity index (χ1) is 20.4. The summed E-state index contributed by atoms with van der Waals surface area (Å²) in [5.41, 5.74) is 1.08. The molecule has 1 aromatic carbocycles. The summed E-state index contributed by atoms with van der Waals surface area (Å²) in [6.07, 6.45) is 17.2. The second-order valence-corrected chi connectivity index (χ2v) is 12.5. The van der Waals surface area contributed by atoms with E-state index >= 15 is 0 Å². The standard InChI is InChI=1S/C35H59NO6/c1-5-7-8-9-10-11-12-13-14-15-16-17-18-22-25-36-29(26-30(37)38-6-2)31-32(39-27-28-23-20-19-21-24-28)33-34(40-31)42-35(3,4)41-33/h19-21,23-24,29,31-34,36H,5-18,22,25-27H2,1-4H3/t29-,31-,32+,33-,34-/m1/s1. The van der Waals surface area contributed by atoms with E-state index in [1.54, 1.807) is 0 Å². The van der Waals surface area contributed by atoms with Crippen molar-refractivity contribution in [3.8, 4) is 0 Å². The van der Waals surface area contributed by atoms with E-state index in [-0.39, 0.29) is 30.6 Å². The smallest absolute Gasteiger partial charge is 0.307 e. The van der Waals surface area contributed by atoms with E-state index in [0.717, 1.165) is 18.5 Å². The lowest BCUT2D eigenvalue weighted by Crippen LogP contribution is -2.50. The molecule has 0 spiro atoms. The zero-order valence-corrected chi connectivity index (χ0v) is 27.0. The van der Waals surface area contributed by atoms with Crippen LogP contribution < -0.4 is 5.32 Å². The van der Waals surface area contributed by atoms with Crippen LogP contribution in [0.15, 0.2) is 30.3 Å². The number of hydrogen-bond donors (Lipinski definition) is 1. The number of benzene rings is 1. The van der Waals surface area contributed by atoms with E-state index < -0.39 is 18.2 Å². The Morgan fingerprint density at radius 3 is 2.05 bits per heavy atom. The van der Waals surface area contributed by atoms with Crippen LogP contribution in [0.2, 0.25) is 0 Å². The number of nitrogens with one attached hydrogen (secondary N) is 1. The summed E-state index contributed by atoms with van der Waals surface area (Å²) in [6, 6.07) is 9.83. The Morgan fingerprint density at radius 1 is 0.857 bits per heavy atom. The number of ether oxygens (including phenoxy) is 5. The highest BCUT2D eigenvalue weighted by Crippen LogP contribution is 2.40. The maximum atomic E-state index is 12.6. The summed E-state index contributed by atoms with van der Waals surface area (Å²) in [4.78, 5) is 12.6. The molecular weight excluding hydrogens is 530 g/mol. The van der Waals surface area contributed by atoms with E-state index in [4.69, 9.17) is 23.7 Å². The Kier molecular flexibility index (Phi) is 16.4. The topological polar surface area (TPSA) is 75.3 Å². The number of carbonyl (C=O) groups is 1. The van der Waals surface area contributed by atoms with Gasteiger partial charge >= 0.3 is 5.97 Å². The molecule has 2 aliphatic rings. The summed E-state index contributed by atoms with van der Waals surface area (Å²) in [5, 5.41) is 3.62. The summed E-state index contributed by atoms with van der Waals surface area (Å²) < 4.78 is 30.4. The number of fused-ring (bicyclic) bond motifs is 1. The van der Waals surface area contributed by atoms with Gasteiger partial charge in [0.05, 0.1) is 19.6 Å². The van der Waals surface area contributed by atoms with Crippen molar-refractivity contribution in [2.45, 2.75) is 167 Å². The average Bonchev–Trinajstić information content (AvgIpc) is 3.45. The van der Waals surface area contributed by atoms with E-state index in [1.807, 2.05) is 51.1 Å². The fraction of sp³-hybridized carbons (Fsp3) is 0.800. The second kappa shape index (κ2) is 19.7. The minimum Gasteiger partial charge on any atom is -0.466 e. The predicted molar refractivity (Wildman–Crippen MR) is 167 cm³/mol. The van der Waals surface area contributed by atoms with Crippen LogP contribution in [-0.2, 0) is 35.1 Å². The summed E-state index contributed by atoms with van der Waals surface area (Å²) in [6.45, 7) is 9.50. The minimum atomic E-state index is -0.743. The molecule has 3 rings (SSSR count). The third kappa shape index (κ3) is 12.6. The van der Waals surface area contributed by atoms with Crippen LogP contribution in [0.4, 0.5) is 0 Å². The molecule has 240 valence electrons. The van der Waals surface area contributed by atoms with Crippen molar-refractivity contribution >= 4 is 5.97 Å². The summed E-state index contributed by atoms with van der Waals surface area (Å²) in [5.74, 6) is -0.979. The van der Waals surface area contributed by atoms with Crippen LogP contribution in [0.1, 0.15) is 130 Å². The molecule has 0 amide bonds. The Balaban J connectivity index is 1.42. The maximum Gasteiger partial charge on any atom is 0.307 e. The molecule has 2 heterocycles. The van der Waals surface area contributed by atoms with Crippen LogP contribution in [0.25, 0.3) is 0 Å². The average molecular weight is 590 g/mol. The number of carbonyl (C=O) groups excluding carboxylic acids is 1. The molecule has 0 saturated carbocycles. The monoisotopic (exact) mass is 589 g/mol. The Bertz CT molecular complexity index is 849. The molecule has 1 aromatic rings. The fourth-order valence-electron chi connectivity index (χ4n) is 6.10. The van der Waals surface area contributed by atoms with Gasteiger partial charge in [-0.05, 0) is 39.3 Å². The van der Waals surface area contributed by atoms with Crippen molar-refractivity contribution in [1.29, 1.82) is 0 Å². The number of esters is 1. The Hall–Kier alpha value is -1.51. The van der Waals surface area contributed by atoms with Gasteiger partial charge in [0.25, 0.3) is 0 Å². The van der Waals surface area contributed by atoms with Gasteiger partial charge in [-0.1, -0.05) is 121 Å². The van der Waals surface area contributed by atoms with Crippen LogP contribution >= 0.6 is 0 Å². The Morgan fingerprint density at radius 2 is 1.45 bits per heavy atom. The van der Waals surface area contributed by atoms with Crippen molar-refractivity contribution < 1.29 is 28.5 Å². The Labute approximate surface area is 255 Å². The van der Waals surface area contributed by atoms with Crippen molar-refractivity contribution in [3.05, 3.63) is 35.9 Å². The van der Waals surface area contributed by atoms with Crippen LogP contribution in [0.3, 0.4) is 0 Å². The minimum absolute atomic E-state index is 0.213. The van der Waals surface area contributed by atoms with Gasteiger partial charge in [-0.2, -0.15) is 0 Å². The second-order valence-electron chi connectivity index (χ2n) is 12.5. The van der Waals surface area contributed by atoms with Crippen LogP contribution in [0.5, 0.6) is 0 Å². The highest BCUT2D eigenvalue weighted by molar-refractivity contribution is 5.70. The normalized spacial score (nSPS) is 23.6. The summed E-state index contributed by atoms with van der Waals surface area (Å²) >= 11 is 0. The highest BCUT2D eigenvalue weighted by atomic mass is 16.8. The van der Waals surface area contributed by atoms with Crippen molar-refractivity contribution in [1.82, 2.24) is 5.32 Å². The van der Waals surface area contributed by atoms with E-state index in [9.17, 15) is 4.79 Å². The molecular formula is C35H59NO6. The number of unbranched alkanes of at least 4 members (excludes halogenated alkanes) is 13. The quantitative estimate of drug-likeness (QED) is 0.103. The molecule has 0 aliphatic carbocycles. The zero-order chi connectivity index (χ0) is 30.0. The molecule has 5 atom stereocenters. The van der Waals surface area contributed by atoms with E-state index in [0.29, 0.717) is 13.2 Å². The van der Waals surface area contributed by atoms with Crippen molar-refractivity contribution in [2.24, 2.45) is 0 Å². The lowest BCUT2D eigenvalue weighted by Gasteiger charge is -2.31. The molecule has 7 heteroatoms. The molecule has 1 N–H and O–H groups in total. The molecule has 42 heavy (non-hydrogen) atoms. The lowest BCUT2D eigenvalue weighted by atomic mass is 10.00. The first kappa shape index (κ1) is 35.0. The van der Waals surface area contributed by atoms with Gasteiger partial charge in [0.2, 0.25) is 0 Å². The van der Waals surface area contributed by atoms with E-state index in [2.05, 4.69) is 12.2 Å². The summed E-state index contributed by atoms with van der Waals surface area (Å²) in [7, 11) is 0. The fourth-order valence-corrected chi connectivity index (χ4v) is 6.10. The third-order valence-electron chi connectivity index (χ3n) is 8.34. The predicted octanol–water partition coefficient (Wildman–Crippen LogP) is 7.84. The lowest BCUT2D eigenvalue weighted by molar-refractivity contribution is -0.223. The third-order valence-corrected chi connectivity index (χ3v) is 8.34. The van der Waals surface area contributed by atoms with Gasteiger partial charge in [0, 0.05) is 6.04 Å². The largest absolute Gasteiger partial charge is 0.466 e. The van der Waals surface area contributed by atoms with Crippen LogP contribution in [0, 0.1) is 0 Å². The first-order valence-electron chi connectivity index (χ1n) is 17.0. The van der Waals surface area contributed by atoms with Crippen molar-refractivity contribution in [2.75, 3.05) is 13.2 Å². The number of hydrogen-bond acceptors (Lipinski definition) is 7. The molecule has 0 radical (unpaired) electrons. The van der Waals surface area contributed by atoms with Gasteiger partial charge in [0.15, 0.2) is 12.1 Å². The number of rotatable bonds is 23. The van der Waals surface area contributed by atoms with Gasteiger partial charge in [-0.3, -0.25) is 4.79 Å². The van der Waals surface area contributed by atoms with Gasteiger partial charge in [-0.15, -0.1) is 0 Å². The van der Waals surface area contributed by atoms with Gasteiger partial charge in [-0.25, -0.2) is 0 Å². The molecule has 2 saturated heterocycles. The van der Waals surface area contributed by atoms with Crippen LogP contribution in [-0.4, -0.2) is 55.6 Å². The highest BCUT2D eigenvalue weighted by Gasteiger charge is 2.57. The molecule has 2 aliphatic heterocycles. The van der Waals surface area contributed by atoms with Gasteiger partial charge in [0.1, 0.15) is 18.3 Å². The van der Waals surface area contributed by atoms with Gasteiger partial charge < -0.3 is 29.0 Å². The molecule has 0 aromatic heterocycles. The van der Waals surface area contributed by atoms with Crippen molar-refractivity contribution in [3.63, 3.8) is 0 Å². The van der Waals surface area contributed by atoms with E-state index in [1.165, 1.54) is 83.5 Å². The first-order valence-corrected chi connectivity index (χ1v) is 17.0.